The van der Waals surface area contributed by atoms with E-state index in [9.17, 15) is 0 Å². The second-order valence-electron chi connectivity index (χ2n) is 5.96. The topological polar surface area (TPSA) is 61.0 Å². The zero-order valence-electron chi connectivity index (χ0n) is 14.4. The highest BCUT2D eigenvalue weighted by Crippen LogP contribution is 2.30. The number of methoxy groups -OCH3 is 1. The van der Waals surface area contributed by atoms with Crippen molar-refractivity contribution in [1.29, 1.82) is 0 Å². The Bertz CT molecular complexity index is 1070. The largest absolute Gasteiger partial charge is 0.494 e. The highest BCUT2D eigenvalue weighted by Gasteiger charge is 2.15. The molecular formula is C20H16ClN3O2. The molecule has 5 nitrogen and oxygen atoms in total. The van der Waals surface area contributed by atoms with E-state index >= 15 is 0 Å². The lowest BCUT2D eigenvalue weighted by Gasteiger charge is -2.07. The van der Waals surface area contributed by atoms with Crippen LogP contribution in [0.1, 0.15) is 17.1 Å². The molecule has 0 spiro atoms. The van der Waals surface area contributed by atoms with E-state index < -0.39 is 0 Å². The van der Waals surface area contributed by atoms with Gasteiger partial charge in [-0.1, -0.05) is 35.9 Å². The molecule has 0 atom stereocenters. The van der Waals surface area contributed by atoms with Crippen LogP contribution in [0.2, 0.25) is 5.02 Å². The zero-order valence-corrected chi connectivity index (χ0v) is 15.1. The monoisotopic (exact) mass is 365 g/mol. The van der Waals surface area contributed by atoms with Crippen LogP contribution >= 0.6 is 11.6 Å². The second-order valence-corrected chi connectivity index (χ2v) is 6.39. The molecule has 4 rings (SSSR count). The lowest BCUT2D eigenvalue weighted by molar-refractivity contribution is 0.419. The van der Waals surface area contributed by atoms with Gasteiger partial charge in [-0.05, 0) is 36.8 Å². The number of benzene rings is 2. The molecule has 0 N–H and O–H groups in total. The van der Waals surface area contributed by atoms with Crippen molar-refractivity contribution in [1.82, 2.24) is 15.2 Å². The van der Waals surface area contributed by atoms with Gasteiger partial charge in [-0.15, -0.1) is 10.2 Å². The van der Waals surface area contributed by atoms with Gasteiger partial charge in [0.25, 0.3) is 0 Å². The maximum Gasteiger partial charge on any atom is 0.249 e. The average Bonchev–Trinajstić information content (AvgIpc) is 3.11. The summed E-state index contributed by atoms with van der Waals surface area (Å²) < 4.78 is 11.2. The molecule has 0 aliphatic heterocycles. The van der Waals surface area contributed by atoms with Crippen molar-refractivity contribution in [3.63, 3.8) is 0 Å². The smallest absolute Gasteiger partial charge is 0.249 e. The molecule has 0 bridgehead atoms. The van der Waals surface area contributed by atoms with Crippen molar-refractivity contribution in [3.8, 4) is 17.2 Å². The van der Waals surface area contributed by atoms with Gasteiger partial charge in [-0.3, -0.25) is 0 Å². The summed E-state index contributed by atoms with van der Waals surface area (Å²) >= 11 is 5.92. The van der Waals surface area contributed by atoms with Crippen LogP contribution in [0.25, 0.3) is 22.4 Å². The Morgan fingerprint density at radius 1 is 1.08 bits per heavy atom. The predicted molar refractivity (Wildman–Crippen MR) is 101 cm³/mol. The van der Waals surface area contributed by atoms with Crippen molar-refractivity contribution < 1.29 is 9.15 Å². The fourth-order valence-electron chi connectivity index (χ4n) is 2.86. The minimum Gasteiger partial charge on any atom is -0.494 e. The van der Waals surface area contributed by atoms with Crippen LogP contribution in [-0.4, -0.2) is 22.3 Å². The Kier molecular flexibility index (Phi) is 4.31. The van der Waals surface area contributed by atoms with Gasteiger partial charge in [0.15, 0.2) is 0 Å². The van der Waals surface area contributed by atoms with Gasteiger partial charge in [0.2, 0.25) is 11.8 Å². The molecule has 130 valence electrons. The molecule has 0 saturated heterocycles. The van der Waals surface area contributed by atoms with Gasteiger partial charge in [0.05, 0.1) is 24.8 Å². The number of rotatable bonds is 4. The molecule has 2 aromatic heterocycles. The number of pyridine rings is 1. The first kappa shape index (κ1) is 16.5. The number of para-hydroxylation sites is 1. The van der Waals surface area contributed by atoms with E-state index in [0.717, 1.165) is 33.5 Å². The van der Waals surface area contributed by atoms with Crippen molar-refractivity contribution in [2.45, 2.75) is 13.3 Å². The van der Waals surface area contributed by atoms with E-state index in [-0.39, 0.29) is 0 Å². The fourth-order valence-corrected chi connectivity index (χ4v) is 2.98. The summed E-state index contributed by atoms with van der Waals surface area (Å²) in [5.74, 6) is 1.75. The molecule has 0 saturated carbocycles. The molecule has 2 heterocycles. The molecule has 0 amide bonds. The summed E-state index contributed by atoms with van der Waals surface area (Å²) in [4.78, 5) is 4.66. The summed E-state index contributed by atoms with van der Waals surface area (Å²) in [6.07, 6.45) is 0.554. The predicted octanol–water partition coefficient (Wildman–Crippen LogP) is 4.85. The number of halogens is 1. The van der Waals surface area contributed by atoms with Gasteiger partial charge >= 0.3 is 0 Å². The highest BCUT2D eigenvalue weighted by atomic mass is 35.5. The molecule has 0 unspecified atom stereocenters. The number of aromatic nitrogens is 3. The quantitative estimate of drug-likeness (QED) is 0.517. The van der Waals surface area contributed by atoms with E-state index in [0.29, 0.717) is 23.2 Å². The standard InChI is InChI=1S/C20H16ClN3O2/c1-12-16(11-14-4-3-5-17(25-2)19(14)22-12)20-24-23-18(26-20)10-13-6-8-15(21)9-7-13/h3-9,11H,10H2,1-2H3. The van der Waals surface area contributed by atoms with Crippen LogP contribution in [0.3, 0.4) is 0 Å². The van der Waals surface area contributed by atoms with Crippen LogP contribution in [0.4, 0.5) is 0 Å². The maximum absolute atomic E-state index is 5.92. The Morgan fingerprint density at radius 2 is 1.88 bits per heavy atom. The Balaban J connectivity index is 1.68. The summed E-state index contributed by atoms with van der Waals surface area (Å²) in [5, 5.41) is 10.0. The average molecular weight is 366 g/mol. The van der Waals surface area contributed by atoms with Crippen molar-refractivity contribution >= 4 is 22.5 Å². The minimum atomic E-state index is 0.462. The number of aryl methyl sites for hydroxylation is 1. The molecule has 0 aliphatic carbocycles. The Labute approximate surface area is 155 Å². The number of hydrogen-bond acceptors (Lipinski definition) is 5. The van der Waals surface area contributed by atoms with Crippen LogP contribution < -0.4 is 4.74 Å². The van der Waals surface area contributed by atoms with Crippen molar-refractivity contribution in [2.75, 3.05) is 7.11 Å². The molecule has 0 aliphatic rings. The highest BCUT2D eigenvalue weighted by molar-refractivity contribution is 6.30. The SMILES string of the molecule is COc1cccc2cc(-c3nnc(Cc4ccc(Cl)cc4)o3)c(C)nc12. The third-order valence-electron chi connectivity index (χ3n) is 4.19. The first-order valence-electron chi connectivity index (χ1n) is 8.15. The Morgan fingerprint density at radius 3 is 2.65 bits per heavy atom. The normalized spacial score (nSPS) is 11.0. The summed E-state index contributed by atoms with van der Waals surface area (Å²) in [6.45, 7) is 1.92. The summed E-state index contributed by atoms with van der Waals surface area (Å²) in [5.41, 5.74) is 3.50. The van der Waals surface area contributed by atoms with Gasteiger partial charge in [0.1, 0.15) is 11.3 Å². The number of hydrogen-bond donors (Lipinski definition) is 0. The van der Waals surface area contributed by atoms with Gasteiger partial charge in [-0.25, -0.2) is 4.98 Å². The third-order valence-corrected chi connectivity index (χ3v) is 4.44. The third kappa shape index (κ3) is 3.13. The second kappa shape index (κ2) is 6.77. The molecule has 6 heteroatoms. The molecule has 26 heavy (non-hydrogen) atoms. The molecule has 0 radical (unpaired) electrons. The van der Waals surface area contributed by atoms with Crippen LogP contribution in [0.5, 0.6) is 5.75 Å². The van der Waals surface area contributed by atoms with E-state index in [1.165, 1.54) is 0 Å². The van der Waals surface area contributed by atoms with Crippen LogP contribution in [-0.2, 0) is 6.42 Å². The van der Waals surface area contributed by atoms with Crippen LogP contribution in [0, 0.1) is 6.92 Å². The fraction of sp³-hybridized carbons (Fsp3) is 0.150. The van der Waals surface area contributed by atoms with E-state index in [2.05, 4.69) is 15.2 Å². The van der Waals surface area contributed by atoms with Crippen LogP contribution in [0.15, 0.2) is 52.9 Å². The van der Waals surface area contributed by atoms with Gasteiger partial charge < -0.3 is 9.15 Å². The lowest BCUT2D eigenvalue weighted by atomic mass is 10.1. The number of fused-ring (bicyclic) bond motifs is 1. The molecule has 2 aromatic carbocycles. The van der Waals surface area contributed by atoms with E-state index in [1.807, 2.05) is 55.5 Å². The van der Waals surface area contributed by atoms with Gasteiger partial charge in [0, 0.05) is 10.4 Å². The Hall–Kier alpha value is -2.92. The van der Waals surface area contributed by atoms with Gasteiger partial charge in [-0.2, -0.15) is 0 Å². The lowest BCUT2D eigenvalue weighted by Crippen LogP contribution is -1.93. The van der Waals surface area contributed by atoms with Crippen molar-refractivity contribution in [2.24, 2.45) is 0 Å². The molecular weight excluding hydrogens is 350 g/mol. The first-order chi connectivity index (χ1) is 12.6. The number of nitrogens with zero attached hydrogens (tertiary/aromatic N) is 3. The zero-order chi connectivity index (χ0) is 18.1. The molecule has 4 aromatic rings. The van der Waals surface area contributed by atoms with E-state index in [1.54, 1.807) is 7.11 Å². The number of ether oxygens (including phenoxy) is 1. The summed E-state index contributed by atoms with van der Waals surface area (Å²) in [7, 11) is 1.64. The minimum absolute atomic E-state index is 0.462. The maximum atomic E-state index is 5.92. The summed E-state index contributed by atoms with van der Waals surface area (Å²) in [6, 6.07) is 15.4. The molecule has 0 fully saturated rings. The van der Waals surface area contributed by atoms with E-state index in [4.69, 9.17) is 20.8 Å². The first-order valence-corrected chi connectivity index (χ1v) is 8.53. The van der Waals surface area contributed by atoms with Crippen molar-refractivity contribution in [3.05, 3.63) is 70.7 Å².